The summed E-state index contributed by atoms with van der Waals surface area (Å²) in [5.74, 6) is 1.18. The molecule has 1 aliphatic rings. The quantitative estimate of drug-likeness (QED) is 0.933. The number of thiophene rings is 1. The summed E-state index contributed by atoms with van der Waals surface area (Å²) in [7, 11) is 1.73. The lowest BCUT2D eigenvalue weighted by Gasteiger charge is -2.40. The molecule has 0 radical (unpaired) electrons. The Morgan fingerprint density at radius 2 is 1.95 bits per heavy atom. The van der Waals surface area contributed by atoms with Crippen LogP contribution >= 0.6 is 11.3 Å². The van der Waals surface area contributed by atoms with Gasteiger partial charge in [0.05, 0.1) is 9.88 Å². The molecule has 1 fully saturated rings. The Kier molecular flexibility index (Phi) is 3.53. The van der Waals surface area contributed by atoms with E-state index in [4.69, 9.17) is 15.0 Å². The molecule has 0 unspecified atom stereocenters. The van der Waals surface area contributed by atoms with Crippen molar-refractivity contribution >= 4 is 16.3 Å². The molecule has 0 saturated heterocycles. The first kappa shape index (κ1) is 14.5. The summed E-state index contributed by atoms with van der Waals surface area (Å²) in [6, 6.07) is 3.75. The molecule has 114 valence electrons. The molecule has 0 spiro atoms. The third-order valence-corrected chi connectivity index (χ3v) is 5.38. The SMILES string of the molecule is COC1(c2noc(-c3ccc(N)s3)n2)CCC(C)(C)CC1. The molecule has 0 atom stereocenters. The molecule has 1 aliphatic carbocycles. The molecule has 0 aliphatic heterocycles. The van der Waals surface area contributed by atoms with Gasteiger partial charge < -0.3 is 15.0 Å². The number of hydrogen-bond donors (Lipinski definition) is 1. The number of nitrogens with zero attached hydrogens (tertiary/aromatic N) is 2. The van der Waals surface area contributed by atoms with E-state index in [0.29, 0.717) is 17.1 Å². The van der Waals surface area contributed by atoms with E-state index in [1.165, 1.54) is 11.3 Å². The van der Waals surface area contributed by atoms with Crippen molar-refractivity contribution in [2.45, 2.75) is 45.1 Å². The van der Waals surface area contributed by atoms with Crippen molar-refractivity contribution in [3.63, 3.8) is 0 Å². The zero-order valence-electron chi connectivity index (χ0n) is 12.7. The number of ether oxygens (including phenoxy) is 1. The third-order valence-electron chi connectivity index (χ3n) is 4.47. The summed E-state index contributed by atoms with van der Waals surface area (Å²) >= 11 is 1.45. The molecule has 0 aromatic carbocycles. The first-order valence-electron chi connectivity index (χ1n) is 7.19. The molecular weight excluding hydrogens is 286 g/mol. The first-order valence-corrected chi connectivity index (χ1v) is 8.01. The van der Waals surface area contributed by atoms with Crippen molar-refractivity contribution < 1.29 is 9.26 Å². The number of hydrogen-bond acceptors (Lipinski definition) is 6. The van der Waals surface area contributed by atoms with E-state index in [9.17, 15) is 0 Å². The normalized spacial score (nSPS) is 20.5. The largest absolute Gasteiger partial charge is 0.391 e. The molecule has 2 aromatic rings. The van der Waals surface area contributed by atoms with Gasteiger partial charge in [-0.15, -0.1) is 11.3 Å². The van der Waals surface area contributed by atoms with Crippen molar-refractivity contribution in [2.24, 2.45) is 5.41 Å². The lowest BCUT2D eigenvalue weighted by atomic mass is 9.70. The number of nitrogen functional groups attached to an aromatic ring is 1. The highest BCUT2D eigenvalue weighted by Gasteiger charge is 2.43. The summed E-state index contributed by atoms with van der Waals surface area (Å²) in [5.41, 5.74) is 5.69. The van der Waals surface area contributed by atoms with Crippen LogP contribution in [0.5, 0.6) is 0 Å². The molecule has 2 N–H and O–H groups in total. The van der Waals surface area contributed by atoms with Gasteiger partial charge in [0.1, 0.15) is 5.60 Å². The molecule has 1 saturated carbocycles. The molecule has 0 amide bonds. The fraction of sp³-hybridized carbons (Fsp3) is 0.600. The van der Waals surface area contributed by atoms with Gasteiger partial charge in [0.15, 0.2) is 0 Å². The third kappa shape index (κ3) is 2.70. The Labute approximate surface area is 128 Å². The minimum Gasteiger partial charge on any atom is -0.391 e. The fourth-order valence-electron chi connectivity index (χ4n) is 2.83. The second kappa shape index (κ2) is 5.10. The van der Waals surface area contributed by atoms with Crippen LogP contribution in [0.2, 0.25) is 0 Å². The van der Waals surface area contributed by atoms with E-state index in [1.54, 1.807) is 7.11 Å². The van der Waals surface area contributed by atoms with Crippen molar-refractivity contribution in [1.82, 2.24) is 10.1 Å². The lowest BCUT2D eigenvalue weighted by Crippen LogP contribution is -2.37. The average molecular weight is 307 g/mol. The van der Waals surface area contributed by atoms with Gasteiger partial charge in [-0.05, 0) is 43.2 Å². The van der Waals surface area contributed by atoms with E-state index >= 15 is 0 Å². The molecule has 3 rings (SSSR count). The maximum atomic E-state index is 5.81. The van der Waals surface area contributed by atoms with Crippen LogP contribution in [0.15, 0.2) is 16.7 Å². The number of rotatable bonds is 3. The van der Waals surface area contributed by atoms with Crippen LogP contribution in [-0.2, 0) is 10.3 Å². The van der Waals surface area contributed by atoms with E-state index in [-0.39, 0.29) is 0 Å². The van der Waals surface area contributed by atoms with Gasteiger partial charge in [-0.25, -0.2) is 0 Å². The summed E-state index contributed by atoms with van der Waals surface area (Å²) in [5, 5.41) is 4.91. The summed E-state index contributed by atoms with van der Waals surface area (Å²) in [6.07, 6.45) is 4.03. The van der Waals surface area contributed by atoms with Gasteiger partial charge >= 0.3 is 0 Å². The minimum atomic E-state index is -0.417. The molecule has 5 nitrogen and oxygen atoms in total. The highest BCUT2D eigenvalue weighted by Crippen LogP contribution is 2.46. The van der Waals surface area contributed by atoms with E-state index < -0.39 is 5.60 Å². The molecular formula is C15H21N3O2S. The standard InChI is InChI=1S/C15H21N3O2S/c1-14(2)6-8-15(19-3,9-7-14)13-17-12(20-18-13)10-4-5-11(16)21-10/h4-5H,6-9,16H2,1-3H3. The number of anilines is 1. The van der Waals surface area contributed by atoms with Crippen LogP contribution in [-0.4, -0.2) is 17.3 Å². The van der Waals surface area contributed by atoms with Crippen molar-refractivity contribution in [2.75, 3.05) is 12.8 Å². The Balaban J connectivity index is 1.87. The number of aromatic nitrogens is 2. The Morgan fingerprint density at radius 3 is 2.52 bits per heavy atom. The highest BCUT2D eigenvalue weighted by molar-refractivity contribution is 7.19. The van der Waals surface area contributed by atoms with Crippen LogP contribution in [0.3, 0.4) is 0 Å². The fourth-order valence-corrected chi connectivity index (χ4v) is 3.52. The summed E-state index contributed by atoms with van der Waals surface area (Å²) in [6.45, 7) is 4.59. The smallest absolute Gasteiger partial charge is 0.268 e. The maximum Gasteiger partial charge on any atom is 0.268 e. The van der Waals surface area contributed by atoms with Gasteiger partial charge in [0.25, 0.3) is 5.89 Å². The van der Waals surface area contributed by atoms with Crippen LogP contribution in [0.1, 0.15) is 45.4 Å². The van der Waals surface area contributed by atoms with Gasteiger partial charge in [0, 0.05) is 7.11 Å². The van der Waals surface area contributed by atoms with E-state index in [0.717, 1.165) is 35.6 Å². The highest BCUT2D eigenvalue weighted by atomic mass is 32.1. The average Bonchev–Trinajstić information content (AvgIpc) is 3.08. The molecule has 0 bridgehead atoms. The Hall–Kier alpha value is -1.40. The lowest BCUT2D eigenvalue weighted by molar-refractivity contribution is -0.0740. The molecule has 2 aromatic heterocycles. The zero-order valence-corrected chi connectivity index (χ0v) is 13.5. The van der Waals surface area contributed by atoms with Crippen molar-refractivity contribution in [3.8, 4) is 10.8 Å². The van der Waals surface area contributed by atoms with Crippen LogP contribution < -0.4 is 5.73 Å². The Bertz CT molecular complexity index is 622. The topological polar surface area (TPSA) is 74.2 Å². The second-order valence-corrected chi connectivity index (χ2v) is 7.60. The zero-order chi connectivity index (χ0) is 15.1. The van der Waals surface area contributed by atoms with Gasteiger partial charge in [-0.1, -0.05) is 19.0 Å². The van der Waals surface area contributed by atoms with Crippen LogP contribution in [0.4, 0.5) is 5.00 Å². The second-order valence-electron chi connectivity index (χ2n) is 6.49. The van der Waals surface area contributed by atoms with Crippen molar-refractivity contribution in [1.29, 1.82) is 0 Å². The van der Waals surface area contributed by atoms with E-state index in [2.05, 4.69) is 24.0 Å². The molecule has 6 heteroatoms. The summed E-state index contributed by atoms with van der Waals surface area (Å²) < 4.78 is 11.2. The predicted molar refractivity (Wildman–Crippen MR) is 83.0 cm³/mol. The number of nitrogens with two attached hydrogens (primary N) is 1. The predicted octanol–water partition coefficient (Wildman–Crippen LogP) is 3.82. The van der Waals surface area contributed by atoms with Gasteiger partial charge in [-0.2, -0.15) is 4.98 Å². The van der Waals surface area contributed by atoms with Gasteiger partial charge in [0.2, 0.25) is 5.82 Å². The van der Waals surface area contributed by atoms with Gasteiger partial charge in [-0.3, -0.25) is 0 Å². The maximum absolute atomic E-state index is 5.81. The van der Waals surface area contributed by atoms with Crippen molar-refractivity contribution in [3.05, 3.63) is 18.0 Å². The number of methoxy groups -OCH3 is 1. The van der Waals surface area contributed by atoms with E-state index in [1.807, 2.05) is 12.1 Å². The Morgan fingerprint density at radius 1 is 1.24 bits per heavy atom. The monoisotopic (exact) mass is 307 g/mol. The first-order chi connectivity index (χ1) is 9.94. The van der Waals surface area contributed by atoms with Crippen LogP contribution in [0, 0.1) is 5.41 Å². The van der Waals surface area contributed by atoms with Crippen LogP contribution in [0.25, 0.3) is 10.8 Å². The minimum absolute atomic E-state index is 0.358. The molecule has 2 heterocycles. The molecule has 21 heavy (non-hydrogen) atoms. The summed E-state index contributed by atoms with van der Waals surface area (Å²) in [4.78, 5) is 5.46.